The van der Waals surface area contributed by atoms with Crippen molar-refractivity contribution in [3.63, 3.8) is 0 Å². The van der Waals surface area contributed by atoms with E-state index in [1.807, 2.05) is 12.3 Å². The molecule has 0 amide bonds. The van der Waals surface area contributed by atoms with Gasteiger partial charge in [0, 0.05) is 12.3 Å². The van der Waals surface area contributed by atoms with E-state index < -0.39 is 0 Å². The average molecular weight is 206 g/mol. The molecule has 0 aliphatic carbocycles. The molecule has 1 saturated heterocycles. The summed E-state index contributed by atoms with van der Waals surface area (Å²) < 4.78 is 5.04. The van der Waals surface area contributed by atoms with Crippen LogP contribution in [-0.2, 0) is 6.42 Å². The van der Waals surface area contributed by atoms with Crippen LogP contribution < -0.4 is 10.1 Å². The Morgan fingerprint density at radius 1 is 1.53 bits per heavy atom. The van der Waals surface area contributed by atoms with Crippen molar-refractivity contribution in [1.29, 1.82) is 0 Å². The number of rotatable bonds is 3. The zero-order chi connectivity index (χ0) is 10.5. The molecule has 1 aromatic rings. The molecule has 0 spiro atoms. The first kappa shape index (κ1) is 10.4. The third-order valence-corrected chi connectivity index (χ3v) is 2.93. The molecule has 2 heterocycles. The highest BCUT2D eigenvalue weighted by molar-refractivity contribution is 5.18. The van der Waals surface area contributed by atoms with E-state index in [1.54, 1.807) is 7.11 Å². The quantitative estimate of drug-likeness (QED) is 0.816. The van der Waals surface area contributed by atoms with E-state index in [0.717, 1.165) is 18.9 Å². The third kappa shape index (κ3) is 2.93. The topological polar surface area (TPSA) is 34.1 Å². The van der Waals surface area contributed by atoms with E-state index in [1.165, 1.54) is 24.9 Å². The number of hydrogen-bond donors (Lipinski definition) is 1. The lowest BCUT2D eigenvalue weighted by Gasteiger charge is -2.22. The van der Waals surface area contributed by atoms with Crippen LogP contribution in [0.1, 0.15) is 18.4 Å². The van der Waals surface area contributed by atoms with Crippen LogP contribution in [0.3, 0.4) is 0 Å². The minimum absolute atomic E-state index is 0.695. The first-order valence-electron chi connectivity index (χ1n) is 5.58. The number of nitrogens with zero attached hydrogens (tertiary/aromatic N) is 1. The number of methoxy groups -OCH3 is 1. The molecule has 82 valence electrons. The second-order valence-corrected chi connectivity index (χ2v) is 4.13. The van der Waals surface area contributed by atoms with Gasteiger partial charge < -0.3 is 10.1 Å². The molecule has 15 heavy (non-hydrogen) atoms. The number of nitrogens with one attached hydrogen (secondary N) is 1. The Hall–Kier alpha value is -1.09. The minimum atomic E-state index is 0.695. The molecular weight excluding hydrogens is 188 g/mol. The fourth-order valence-electron chi connectivity index (χ4n) is 2.08. The number of hydrogen-bond acceptors (Lipinski definition) is 3. The van der Waals surface area contributed by atoms with Crippen molar-refractivity contribution < 1.29 is 4.74 Å². The van der Waals surface area contributed by atoms with Gasteiger partial charge in [0.15, 0.2) is 0 Å². The van der Waals surface area contributed by atoms with Crippen molar-refractivity contribution in [3.8, 4) is 5.88 Å². The van der Waals surface area contributed by atoms with Crippen LogP contribution in [0, 0.1) is 5.92 Å². The Morgan fingerprint density at radius 3 is 3.07 bits per heavy atom. The maximum Gasteiger partial charge on any atom is 0.212 e. The maximum absolute atomic E-state index is 5.04. The Morgan fingerprint density at radius 2 is 2.47 bits per heavy atom. The summed E-state index contributed by atoms with van der Waals surface area (Å²) in [6.45, 7) is 2.32. The molecule has 1 fully saturated rings. The summed E-state index contributed by atoms with van der Waals surface area (Å²) in [5.41, 5.74) is 1.31. The normalized spacial score (nSPS) is 21.3. The predicted octanol–water partition coefficient (Wildman–Crippen LogP) is 1.63. The number of piperidine rings is 1. The van der Waals surface area contributed by atoms with Gasteiger partial charge in [-0.1, -0.05) is 6.07 Å². The van der Waals surface area contributed by atoms with Crippen LogP contribution in [0.5, 0.6) is 5.88 Å². The smallest absolute Gasteiger partial charge is 0.212 e. The first-order chi connectivity index (χ1) is 7.38. The SMILES string of the molecule is COc1ccc(CC2CCCNC2)cn1. The van der Waals surface area contributed by atoms with Crippen molar-refractivity contribution in [2.24, 2.45) is 5.92 Å². The maximum atomic E-state index is 5.04. The van der Waals surface area contributed by atoms with E-state index in [9.17, 15) is 0 Å². The standard InChI is InChI=1S/C12H18N2O/c1-15-12-5-4-11(9-14-12)7-10-3-2-6-13-8-10/h4-5,9-10,13H,2-3,6-8H2,1H3. The molecule has 3 nitrogen and oxygen atoms in total. The van der Waals surface area contributed by atoms with Gasteiger partial charge in [0.1, 0.15) is 0 Å². The van der Waals surface area contributed by atoms with Gasteiger partial charge in [-0.2, -0.15) is 0 Å². The highest BCUT2D eigenvalue weighted by atomic mass is 16.5. The van der Waals surface area contributed by atoms with Crippen molar-refractivity contribution >= 4 is 0 Å². The number of ether oxygens (including phenoxy) is 1. The second kappa shape index (κ2) is 5.12. The van der Waals surface area contributed by atoms with Crippen LogP contribution >= 0.6 is 0 Å². The Balaban J connectivity index is 1.91. The highest BCUT2D eigenvalue weighted by Gasteiger charge is 2.13. The number of pyridine rings is 1. The Kier molecular flexibility index (Phi) is 3.56. The summed E-state index contributed by atoms with van der Waals surface area (Å²) in [5, 5.41) is 3.43. The summed E-state index contributed by atoms with van der Waals surface area (Å²) in [6, 6.07) is 4.05. The minimum Gasteiger partial charge on any atom is -0.481 e. The summed E-state index contributed by atoms with van der Waals surface area (Å²) >= 11 is 0. The Labute approximate surface area is 90.9 Å². The van der Waals surface area contributed by atoms with E-state index in [2.05, 4.69) is 16.4 Å². The molecule has 1 aromatic heterocycles. The zero-order valence-corrected chi connectivity index (χ0v) is 9.20. The van der Waals surface area contributed by atoms with E-state index in [0.29, 0.717) is 5.88 Å². The summed E-state index contributed by atoms with van der Waals surface area (Å²) in [5.74, 6) is 1.47. The molecule has 0 aromatic carbocycles. The zero-order valence-electron chi connectivity index (χ0n) is 9.20. The van der Waals surface area contributed by atoms with Crippen molar-refractivity contribution in [1.82, 2.24) is 10.3 Å². The van der Waals surface area contributed by atoms with Crippen molar-refractivity contribution in [2.45, 2.75) is 19.3 Å². The van der Waals surface area contributed by atoms with Gasteiger partial charge >= 0.3 is 0 Å². The van der Waals surface area contributed by atoms with Crippen LogP contribution in [-0.4, -0.2) is 25.2 Å². The van der Waals surface area contributed by atoms with Gasteiger partial charge in [-0.3, -0.25) is 0 Å². The molecule has 0 saturated carbocycles. The third-order valence-electron chi connectivity index (χ3n) is 2.93. The van der Waals surface area contributed by atoms with E-state index in [4.69, 9.17) is 4.74 Å². The Bertz CT molecular complexity index is 291. The lowest BCUT2D eigenvalue weighted by Crippen LogP contribution is -2.30. The highest BCUT2D eigenvalue weighted by Crippen LogP contribution is 2.17. The van der Waals surface area contributed by atoms with Crippen LogP contribution in [0.15, 0.2) is 18.3 Å². The average Bonchev–Trinajstić information content (AvgIpc) is 2.31. The van der Waals surface area contributed by atoms with Crippen molar-refractivity contribution in [3.05, 3.63) is 23.9 Å². The van der Waals surface area contributed by atoms with Gasteiger partial charge in [-0.25, -0.2) is 4.98 Å². The van der Waals surface area contributed by atoms with Crippen LogP contribution in [0.4, 0.5) is 0 Å². The monoisotopic (exact) mass is 206 g/mol. The first-order valence-corrected chi connectivity index (χ1v) is 5.58. The molecule has 2 rings (SSSR count). The molecule has 1 N–H and O–H groups in total. The molecule has 0 bridgehead atoms. The molecule has 0 radical (unpaired) electrons. The summed E-state index contributed by atoms with van der Waals surface area (Å²) in [4.78, 5) is 4.22. The second-order valence-electron chi connectivity index (χ2n) is 4.13. The van der Waals surface area contributed by atoms with Gasteiger partial charge in [-0.05, 0) is 43.8 Å². The number of aromatic nitrogens is 1. The lowest BCUT2D eigenvalue weighted by molar-refractivity contribution is 0.374. The van der Waals surface area contributed by atoms with Gasteiger partial charge in [0.25, 0.3) is 0 Å². The lowest BCUT2D eigenvalue weighted by atomic mass is 9.93. The molecule has 1 aliphatic heterocycles. The van der Waals surface area contributed by atoms with Crippen molar-refractivity contribution in [2.75, 3.05) is 20.2 Å². The van der Waals surface area contributed by atoms with Gasteiger partial charge in [0.2, 0.25) is 5.88 Å². The molecule has 1 unspecified atom stereocenters. The van der Waals surface area contributed by atoms with Crippen LogP contribution in [0.2, 0.25) is 0 Å². The van der Waals surface area contributed by atoms with E-state index >= 15 is 0 Å². The predicted molar refractivity (Wildman–Crippen MR) is 60.1 cm³/mol. The largest absolute Gasteiger partial charge is 0.481 e. The van der Waals surface area contributed by atoms with E-state index in [-0.39, 0.29) is 0 Å². The molecule has 1 aliphatic rings. The van der Waals surface area contributed by atoms with Crippen LogP contribution in [0.25, 0.3) is 0 Å². The fourth-order valence-corrected chi connectivity index (χ4v) is 2.08. The summed E-state index contributed by atoms with van der Waals surface area (Å²) in [6.07, 6.45) is 5.69. The summed E-state index contributed by atoms with van der Waals surface area (Å²) in [7, 11) is 1.65. The molecule has 3 heteroatoms. The molecular formula is C12H18N2O. The van der Waals surface area contributed by atoms with Gasteiger partial charge in [-0.15, -0.1) is 0 Å². The van der Waals surface area contributed by atoms with Gasteiger partial charge in [0.05, 0.1) is 7.11 Å². The molecule has 1 atom stereocenters. The fraction of sp³-hybridized carbons (Fsp3) is 0.583.